The normalized spacial score (nSPS) is 11.8. The molecule has 0 saturated carbocycles. The maximum atomic E-state index is 12.3. The molecule has 2 rings (SSSR count). The summed E-state index contributed by atoms with van der Waals surface area (Å²) in [4.78, 5) is 20.9. The molecule has 0 spiro atoms. The molecule has 0 fully saturated rings. The van der Waals surface area contributed by atoms with Gasteiger partial charge in [-0.2, -0.15) is 0 Å². The average Bonchev–Trinajstić information content (AvgIpc) is 2.64. The first kappa shape index (κ1) is 14.9. The lowest BCUT2D eigenvalue weighted by Gasteiger charge is -2.20. The SMILES string of the molecule is COCc1nc2nc(Br)ccc2n1C(=O)OC(C)(C)C. The van der Waals surface area contributed by atoms with Crippen molar-refractivity contribution >= 4 is 33.2 Å². The highest BCUT2D eigenvalue weighted by Crippen LogP contribution is 2.20. The van der Waals surface area contributed by atoms with Gasteiger partial charge in [0.15, 0.2) is 5.65 Å². The smallest absolute Gasteiger partial charge is 0.420 e. The van der Waals surface area contributed by atoms with Crippen molar-refractivity contribution in [2.24, 2.45) is 0 Å². The number of hydrogen-bond acceptors (Lipinski definition) is 5. The van der Waals surface area contributed by atoms with Crippen molar-refractivity contribution in [1.82, 2.24) is 14.5 Å². The van der Waals surface area contributed by atoms with Crippen LogP contribution in [-0.2, 0) is 16.1 Å². The molecule has 0 aliphatic rings. The maximum absolute atomic E-state index is 12.3. The van der Waals surface area contributed by atoms with Crippen LogP contribution in [0, 0.1) is 0 Å². The Kier molecular flexibility index (Phi) is 4.10. The van der Waals surface area contributed by atoms with Crippen molar-refractivity contribution in [3.05, 3.63) is 22.6 Å². The predicted octanol–water partition coefficient (Wildman–Crippen LogP) is 3.12. The average molecular weight is 342 g/mol. The van der Waals surface area contributed by atoms with E-state index in [2.05, 4.69) is 25.9 Å². The van der Waals surface area contributed by atoms with Crippen LogP contribution in [0.1, 0.15) is 26.6 Å². The number of ether oxygens (including phenoxy) is 2. The lowest BCUT2D eigenvalue weighted by molar-refractivity contribution is 0.0527. The summed E-state index contributed by atoms with van der Waals surface area (Å²) in [5.41, 5.74) is 0.479. The van der Waals surface area contributed by atoms with Gasteiger partial charge in [-0.15, -0.1) is 0 Å². The van der Waals surface area contributed by atoms with Gasteiger partial charge in [-0.05, 0) is 48.8 Å². The quantitative estimate of drug-likeness (QED) is 0.785. The lowest BCUT2D eigenvalue weighted by atomic mass is 10.2. The summed E-state index contributed by atoms with van der Waals surface area (Å²) in [6.07, 6.45) is -0.490. The van der Waals surface area contributed by atoms with Crippen molar-refractivity contribution in [2.75, 3.05) is 7.11 Å². The monoisotopic (exact) mass is 341 g/mol. The molecular weight excluding hydrogens is 326 g/mol. The fraction of sp³-hybridized carbons (Fsp3) is 0.462. The van der Waals surface area contributed by atoms with Crippen LogP contribution in [0.5, 0.6) is 0 Å². The summed E-state index contributed by atoms with van der Waals surface area (Å²) in [6.45, 7) is 5.64. The fourth-order valence-electron chi connectivity index (χ4n) is 1.72. The Hall–Kier alpha value is -1.47. The number of pyridine rings is 1. The van der Waals surface area contributed by atoms with Crippen LogP contribution in [0.4, 0.5) is 4.79 Å². The third-order valence-electron chi connectivity index (χ3n) is 2.40. The molecule has 0 amide bonds. The van der Waals surface area contributed by atoms with Gasteiger partial charge in [0.1, 0.15) is 22.6 Å². The van der Waals surface area contributed by atoms with Crippen LogP contribution in [0.2, 0.25) is 0 Å². The first-order valence-corrected chi connectivity index (χ1v) is 6.87. The number of aromatic nitrogens is 3. The Labute approximate surface area is 125 Å². The van der Waals surface area contributed by atoms with E-state index in [4.69, 9.17) is 9.47 Å². The number of rotatable bonds is 2. The van der Waals surface area contributed by atoms with Crippen molar-refractivity contribution in [2.45, 2.75) is 33.0 Å². The van der Waals surface area contributed by atoms with Gasteiger partial charge in [0.2, 0.25) is 0 Å². The van der Waals surface area contributed by atoms with Gasteiger partial charge in [0.25, 0.3) is 0 Å². The van der Waals surface area contributed by atoms with E-state index >= 15 is 0 Å². The van der Waals surface area contributed by atoms with Gasteiger partial charge in [-0.3, -0.25) is 0 Å². The van der Waals surface area contributed by atoms with Gasteiger partial charge in [0.05, 0.1) is 5.52 Å². The largest absolute Gasteiger partial charge is 0.443 e. The highest BCUT2D eigenvalue weighted by atomic mass is 79.9. The van der Waals surface area contributed by atoms with Crippen LogP contribution in [0.25, 0.3) is 11.2 Å². The Balaban J connectivity index is 2.53. The molecule has 0 aliphatic carbocycles. The van der Waals surface area contributed by atoms with E-state index in [1.807, 2.05) is 20.8 Å². The Morgan fingerprint density at radius 2 is 2.05 bits per heavy atom. The number of hydrogen-bond donors (Lipinski definition) is 0. The Morgan fingerprint density at radius 1 is 1.35 bits per heavy atom. The molecule has 7 heteroatoms. The summed E-state index contributed by atoms with van der Waals surface area (Å²) < 4.78 is 12.5. The van der Waals surface area contributed by atoms with E-state index in [1.54, 1.807) is 19.2 Å². The van der Waals surface area contributed by atoms with Crippen LogP contribution in [0.15, 0.2) is 16.7 Å². The van der Waals surface area contributed by atoms with E-state index in [-0.39, 0.29) is 6.61 Å². The maximum Gasteiger partial charge on any atom is 0.420 e. The Bertz CT molecular complexity index is 646. The molecule has 6 nitrogen and oxygen atoms in total. The molecular formula is C13H16BrN3O3. The van der Waals surface area contributed by atoms with Crippen LogP contribution in [0.3, 0.4) is 0 Å². The molecule has 20 heavy (non-hydrogen) atoms. The Morgan fingerprint density at radius 3 is 2.65 bits per heavy atom. The summed E-state index contributed by atoms with van der Waals surface area (Å²) in [5.74, 6) is 0.461. The molecule has 0 saturated heterocycles. The molecule has 2 aromatic heterocycles. The fourth-order valence-corrected chi connectivity index (χ4v) is 2.02. The zero-order valence-electron chi connectivity index (χ0n) is 11.8. The summed E-state index contributed by atoms with van der Waals surface area (Å²) in [7, 11) is 1.54. The van der Waals surface area contributed by atoms with Gasteiger partial charge >= 0.3 is 6.09 Å². The van der Waals surface area contributed by atoms with E-state index in [0.29, 0.717) is 21.6 Å². The number of imidazole rings is 1. The van der Waals surface area contributed by atoms with Gasteiger partial charge < -0.3 is 9.47 Å². The second-order valence-electron chi connectivity index (χ2n) is 5.25. The molecule has 0 aromatic carbocycles. The molecule has 0 bridgehead atoms. The molecule has 2 heterocycles. The zero-order chi connectivity index (χ0) is 14.9. The first-order valence-electron chi connectivity index (χ1n) is 6.08. The predicted molar refractivity (Wildman–Crippen MR) is 77.6 cm³/mol. The van der Waals surface area contributed by atoms with Crippen LogP contribution >= 0.6 is 15.9 Å². The number of carbonyl (C=O) groups is 1. The van der Waals surface area contributed by atoms with E-state index in [0.717, 1.165) is 0 Å². The number of fused-ring (bicyclic) bond motifs is 1. The topological polar surface area (TPSA) is 66.2 Å². The van der Waals surface area contributed by atoms with E-state index in [9.17, 15) is 4.79 Å². The number of halogens is 1. The van der Waals surface area contributed by atoms with Gasteiger partial charge in [0, 0.05) is 7.11 Å². The van der Waals surface area contributed by atoms with Crippen molar-refractivity contribution in [1.29, 1.82) is 0 Å². The van der Waals surface area contributed by atoms with Crippen LogP contribution < -0.4 is 0 Å². The molecule has 0 unspecified atom stereocenters. The van der Waals surface area contributed by atoms with E-state index < -0.39 is 11.7 Å². The second-order valence-corrected chi connectivity index (χ2v) is 6.07. The summed E-state index contributed by atoms with van der Waals surface area (Å²) in [5, 5.41) is 0. The molecule has 0 N–H and O–H groups in total. The lowest BCUT2D eigenvalue weighted by Crippen LogP contribution is -2.28. The van der Waals surface area contributed by atoms with Crippen molar-refractivity contribution in [3.8, 4) is 0 Å². The molecule has 0 atom stereocenters. The third-order valence-corrected chi connectivity index (χ3v) is 2.85. The number of nitrogens with zero attached hydrogens (tertiary/aromatic N) is 3. The number of methoxy groups -OCH3 is 1. The van der Waals surface area contributed by atoms with Gasteiger partial charge in [-0.25, -0.2) is 19.3 Å². The van der Waals surface area contributed by atoms with E-state index in [1.165, 1.54) is 4.57 Å². The summed E-state index contributed by atoms with van der Waals surface area (Å²) >= 11 is 3.28. The highest BCUT2D eigenvalue weighted by molar-refractivity contribution is 9.10. The second kappa shape index (κ2) is 5.49. The van der Waals surface area contributed by atoms with Crippen molar-refractivity contribution in [3.63, 3.8) is 0 Å². The minimum absolute atomic E-state index is 0.202. The third kappa shape index (κ3) is 3.16. The highest BCUT2D eigenvalue weighted by Gasteiger charge is 2.23. The first-order chi connectivity index (χ1) is 9.31. The number of carbonyl (C=O) groups excluding carboxylic acids is 1. The molecule has 108 valence electrons. The minimum Gasteiger partial charge on any atom is -0.443 e. The summed E-state index contributed by atoms with van der Waals surface area (Å²) in [6, 6.07) is 3.52. The molecule has 2 aromatic rings. The molecule has 0 radical (unpaired) electrons. The molecule has 0 aliphatic heterocycles. The zero-order valence-corrected chi connectivity index (χ0v) is 13.4. The van der Waals surface area contributed by atoms with Crippen molar-refractivity contribution < 1.29 is 14.3 Å². The van der Waals surface area contributed by atoms with Gasteiger partial charge in [-0.1, -0.05) is 0 Å². The van der Waals surface area contributed by atoms with Crippen LogP contribution in [-0.4, -0.2) is 33.3 Å². The minimum atomic E-state index is -0.583. The standard InChI is InChI=1S/C13H16BrN3O3/c1-13(2,3)20-12(18)17-8-5-6-9(14)15-11(8)16-10(17)7-19-4/h5-6H,7H2,1-4H3.